The Morgan fingerprint density at radius 2 is 1.71 bits per heavy atom. The smallest absolute Gasteiger partial charge is 0.212 e. The molecule has 0 spiro atoms. The number of nitrogens with one attached hydrogen (secondary N) is 1. The van der Waals surface area contributed by atoms with Gasteiger partial charge in [0, 0.05) is 6.54 Å². The van der Waals surface area contributed by atoms with Crippen molar-refractivity contribution in [2.24, 2.45) is 5.92 Å². The molecule has 0 amide bonds. The maximum Gasteiger partial charge on any atom is 0.212 e. The van der Waals surface area contributed by atoms with Gasteiger partial charge in [-0.15, -0.1) is 0 Å². The van der Waals surface area contributed by atoms with Gasteiger partial charge in [0.15, 0.2) is 11.5 Å². The van der Waals surface area contributed by atoms with Crippen LogP contribution in [0.3, 0.4) is 0 Å². The molecule has 1 fully saturated rings. The van der Waals surface area contributed by atoms with Crippen molar-refractivity contribution >= 4 is 10.0 Å². The number of sulfonamides is 1. The van der Waals surface area contributed by atoms with Crippen molar-refractivity contribution in [2.75, 3.05) is 12.9 Å². The fraction of sp³-hybridized carbons (Fsp3) is 0.455. The van der Waals surface area contributed by atoms with E-state index >= 15 is 0 Å². The van der Waals surface area contributed by atoms with Crippen molar-refractivity contribution in [2.45, 2.75) is 45.3 Å². The van der Waals surface area contributed by atoms with E-state index in [4.69, 9.17) is 9.47 Å². The third-order valence-corrected chi connectivity index (χ3v) is 6.64. The third-order valence-electron chi connectivity index (χ3n) is 5.14. The second kappa shape index (κ2) is 9.94. The van der Waals surface area contributed by atoms with E-state index in [0.717, 1.165) is 36.8 Å². The third kappa shape index (κ3) is 6.24. The van der Waals surface area contributed by atoms with Crippen LogP contribution in [-0.2, 0) is 23.2 Å². The van der Waals surface area contributed by atoms with Gasteiger partial charge >= 0.3 is 0 Å². The normalized spacial score (nSPS) is 15.3. The summed E-state index contributed by atoms with van der Waals surface area (Å²) < 4.78 is 38.8. The molecule has 0 bridgehead atoms. The molecule has 28 heavy (non-hydrogen) atoms. The van der Waals surface area contributed by atoms with Crippen LogP contribution in [0, 0.1) is 5.92 Å². The molecular weight excluding hydrogens is 374 g/mol. The molecule has 0 aliphatic heterocycles. The lowest BCUT2D eigenvalue weighted by Crippen LogP contribution is -2.30. The van der Waals surface area contributed by atoms with Crippen molar-refractivity contribution in [1.29, 1.82) is 0 Å². The van der Waals surface area contributed by atoms with Gasteiger partial charge in [0.2, 0.25) is 10.0 Å². The molecule has 1 aliphatic carbocycles. The summed E-state index contributed by atoms with van der Waals surface area (Å²) >= 11 is 0. The van der Waals surface area contributed by atoms with Gasteiger partial charge in [-0.05, 0) is 42.0 Å². The van der Waals surface area contributed by atoms with E-state index in [0.29, 0.717) is 18.1 Å². The summed E-state index contributed by atoms with van der Waals surface area (Å²) in [4.78, 5) is 0. The van der Waals surface area contributed by atoms with Crippen LogP contribution in [0.25, 0.3) is 0 Å². The average Bonchev–Trinajstić information content (AvgIpc) is 2.72. The second-order valence-corrected chi connectivity index (χ2v) is 9.22. The number of ether oxygens (including phenoxy) is 2. The molecule has 2 aromatic rings. The first-order valence-corrected chi connectivity index (χ1v) is 11.5. The van der Waals surface area contributed by atoms with E-state index in [-0.39, 0.29) is 18.2 Å². The monoisotopic (exact) mass is 403 g/mol. The van der Waals surface area contributed by atoms with Crippen LogP contribution in [-0.4, -0.2) is 21.3 Å². The summed E-state index contributed by atoms with van der Waals surface area (Å²) in [7, 11) is -1.69. The Kier molecular flexibility index (Phi) is 7.34. The van der Waals surface area contributed by atoms with Crippen molar-refractivity contribution in [3.63, 3.8) is 0 Å². The van der Waals surface area contributed by atoms with Gasteiger partial charge in [-0.3, -0.25) is 0 Å². The minimum atomic E-state index is -3.28. The lowest BCUT2D eigenvalue weighted by molar-refractivity contribution is 0.284. The summed E-state index contributed by atoms with van der Waals surface area (Å²) in [5, 5.41) is 0. The Bertz CT molecular complexity index is 846. The largest absolute Gasteiger partial charge is 0.493 e. The molecule has 0 saturated heterocycles. The van der Waals surface area contributed by atoms with Crippen LogP contribution in [0.1, 0.15) is 43.2 Å². The van der Waals surface area contributed by atoms with Crippen molar-refractivity contribution < 1.29 is 17.9 Å². The van der Waals surface area contributed by atoms with Crippen molar-refractivity contribution in [1.82, 2.24) is 4.72 Å². The molecule has 1 aliphatic rings. The van der Waals surface area contributed by atoms with Gasteiger partial charge in [0.1, 0.15) is 6.61 Å². The van der Waals surface area contributed by atoms with Crippen molar-refractivity contribution in [3.8, 4) is 11.5 Å². The molecule has 3 rings (SSSR count). The van der Waals surface area contributed by atoms with Crippen molar-refractivity contribution in [3.05, 3.63) is 59.7 Å². The summed E-state index contributed by atoms with van der Waals surface area (Å²) in [6, 6.07) is 15.4. The summed E-state index contributed by atoms with van der Waals surface area (Å²) in [5.41, 5.74) is 1.92. The van der Waals surface area contributed by atoms with Crippen LogP contribution in [0.5, 0.6) is 11.5 Å². The summed E-state index contributed by atoms with van der Waals surface area (Å²) in [6.45, 7) is 0.703. The first-order chi connectivity index (χ1) is 13.6. The lowest BCUT2D eigenvalue weighted by Gasteiger charge is -2.21. The molecule has 0 radical (unpaired) electrons. The van der Waals surface area contributed by atoms with Crippen LogP contribution < -0.4 is 14.2 Å². The van der Waals surface area contributed by atoms with Crippen LogP contribution in [0.15, 0.2) is 48.5 Å². The fourth-order valence-corrected chi connectivity index (χ4v) is 5.05. The molecular formula is C22H29NO4S. The molecule has 0 atom stereocenters. The van der Waals surface area contributed by atoms with Gasteiger partial charge in [-0.25, -0.2) is 13.1 Å². The highest BCUT2D eigenvalue weighted by atomic mass is 32.2. The second-order valence-electron chi connectivity index (χ2n) is 7.37. The van der Waals surface area contributed by atoms with Gasteiger partial charge in [-0.1, -0.05) is 55.7 Å². The standard InChI is InChI=1S/C22H29NO4S/c1-26-22-14-20(12-13-21(22)27-16-18-8-4-2-5-9-18)15-23-28(24,25)17-19-10-6-3-7-11-19/h2,4-5,8-9,12-14,19,23H,3,6-7,10-11,15-17H2,1H3. The van der Waals surface area contributed by atoms with Gasteiger partial charge in [-0.2, -0.15) is 0 Å². The zero-order valence-corrected chi connectivity index (χ0v) is 17.2. The minimum absolute atomic E-state index is 0.225. The first-order valence-electron chi connectivity index (χ1n) is 9.87. The quantitative estimate of drug-likeness (QED) is 0.679. The van der Waals surface area contributed by atoms with E-state index in [2.05, 4.69) is 4.72 Å². The number of benzene rings is 2. The van der Waals surface area contributed by atoms with E-state index in [9.17, 15) is 8.42 Å². The predicted octanol–water partition coefficient (Wildman–Crippen LogP) is 4.27. The zero-order valence-electron chi connectivity index (χ0n) is 16.4. The number of hydrogen-bond donors (Lipinski definition) is 1. The fourth-order valence-electron chi connectivity index (χ4n) is 3.59. The average molecular weight is 404 g/mol. The Hall–Kier alpha value is -2.05. The van der Waals surface area contributed by atoms with Gasteiger partial charge in [0.05, 0.1) is 12.9 Å². The van der Waals surface area contributed by atoms with E-state index < -0.39 is 10.0 Å². The zero-order chi connectivity index (χ0) is 19.8. The molecule has 1 N–H and O–H groups in total. The van der Waals surface area contributed by atoms with E-state index in [1.54, 1.807) is 7.11 Å². The maximum absolute atomic E-state index is 12.4. The maximum atomic E-state index is 12.4. The molecule has 5 nitrogen and oxygen atoms in total. The highest BCUT2D eigenvalue weighted by molar-refractivity contribution is 7.89. The van der Waals surface area contributed by atoms with Gasteiger partial charge in [0.25, 0.3) is 0 Å². The first kappa shape index (κ1) is 20.7. The molecule has 152 valence electrons. The van der Waals surface area contributed by atoms with Crippen LogP contribution >= 0.6 is 0 Å². The Balaban J connectivity index is 1.56. The molecule has 0 heterocycles. The molecule has 0 aromatic heterocycles. The SMILES string of the molecule is COc1cc(CNS(=O)(=O)CC2CCCCC2)ccc1OCc1ccccc1. The highest BCUT2D eigenvalue weighted by Gasteiger charge is 2.21. The Morgan fingerprint density at radius 1 is 0.964 bits per heavy atom. The number of methoxy groups -OCH3 is 1. The molecule has 0 unspecified atom stereocenters. The van der Waals surface area contributed by atoms with E-state index in [1.165, 1.54) is 6.42 Å². The Morgan fingerprint density at radius 3 is 2.43 bits per heavy atom. The minimum Gasteiger partial charge on any atom is -0.493 e. The lowest BCUT2D eigenvalue weighted by atomic mass is 9.91. The predicted molar refractivity (Wildman–Crippen MR) is 111 cm³/mol. The summed E-state index contributed by atoms with van der Waals surface area (Å²) in [6.07, 6.45) is 5.54. The summed E-state index contributed by atoms with van der Waals surface area (Å²) in [5.74, 6) is 1.75. The van der Waals surface area contributed by atoms with Gasteiger partial charge < -0.3 is 9.47 Å². The molecule has 6 heteroatoms. The highest BCUT2D eigenvalue weighted by Crippen LogP contribution is 2.29. The topological polar surface area (TPSA) is 64.6 Å². The van der Waals surface area contributed by atoms with Crippen LogP contribution in [0.4, 0.5) is 0 Å². The van der Waals surface area contributed by atoms with Crippen LogP contribution in [0.2, 0.25) is 0 Å². The number of rotatable bonds is 9. The molecule has 2 aromatic carbocycles. The molecule has 1 saturated carbocycles. The van der Waals surface area contributed by atoms with E-state index in [1.807, 2.05) is 48.5 Å². The number of hydrogen-bond acceptors (Lipinski definition) is 4. The Labute approximate surface area is 168 Å².